The molecule has 0 bridgehead atoms. The van der Waals surface area contributed by atoms with Gasteiger partial charge in [-0.05, 0) is 18.9 Å². The number of halogens is 3. The fourth-order valence-corrected chi connectivity index (χ4v) is 2.71. The van der Waals surface area contributed by atoms with Gasteiger partial charge in [-0.3, -0.25) is 0 Å². The molecule has 0 saturated heterocycles. The summed E-state index contributed by atoms with van der Waals surface area (Å²) in [5.41, 5.74) is -4.20. The summed E-state index contributed by atoms with van der Waals surface area (Å²) in [6.07, 6.45) is 19.8. The lowest BCUT2D eigenvalue weighted by Crippen LogP contribution is -2.33. The van der Waals surface area contributed by atoms with Crippen molar-refractivity contribution >= 4 is 10.1 Å². The molecule has 0 aliphatic carbocycles. The van der Waals surface area contributed by atoms with Crippen molar-refractivity contribution in [1.29, 1.82) is 0 Å². The minimum atomic E-state index is -6.09. The normalized spacial score (nSPS) is 11.8. The van der Waals surface area contributed by atoms with Crippen molar-refractivity contribution in [2.75, 3.05) is 0 Å². The zero-order valence-corrected chi connectivity index (χ0v) is 17.8. The van der Waals surface area contributed by atoms with Gasteiger partial charge in [-0.15, -0.1) is 0 Å². The molecule has 0 atom stereocenters. The van der Waals surface area contributed by atoms with Gasteiger partial charge in [0.1, 0.15) is 6.54 Å². The molecule has 28 heavy (non-hydrogen) atoms. The van der Waals surface area contributed by atoms with E-state index in [4.69, 9.17) is 13.0 Å². The molecule has 0 aromatic carbocycles. The summed E-state index contributed by atoms with van der Waals surface area (Å²) in [4.78, 5) is 0. The number of hydrogen-bond donors (Lipinski definition) is 0. The fraction of sp³-hybridized carbons (Fsp3) is 0.750. The van der Waals surface area contributed by atoms with Crippen molar-refractivity contribution in [3.8, 4) is 0 Å². The number of aryl methyl sites for hydroxylation is 2. The highest BCUT2D eigenvalue weighted by molar-refractivity contribution is 7.86. The highest BCUT2D eigenvalue weighted by atomic mass is 32.2. The van der Waals surface area contributed by atoms with Crippen LogP contribution in [0.15, 0.2) is 24.5 Å². The second kappa shape index (κ2) is 14.8. The third-order valence-electron chi connectivity index (χ3n) is 4.38. The first kappa shape index (κ1) is 26.9. The highest BCUT2D eigenvalue weighted by Gasteiger charge is 2.36. The number of aromatic nitrogens is 1. The maximum atomic E-state index is 10.7. The van der Waals surface area contributed by atoms with E-state index in [1.807, 2.05) is 0 Å². The van der Waals surface area contributed by atoms with Crippen LogP contribution in [0.1, 0.15) is 83.6 Å². The Balaban J connectivity index is 0.000000769. The van der Waals surface area contributed by atoms with Crippen LogP contribution in [0, 0.1) is 0 Å². The molecule has 164 valence electrons. The van der Waals surface area contributed by atoms with E-state index in [1.165, 1.54) is 76.3 Å². The number of nitrogens with zero attached hydrogens (tertiary/aromatic N) is 1. The lowest BCUT2D eigenvalue weighted by Gasteiger charge is -2.08. The molecule has 0 spiro atoms. The Morgan fingerprint density at radius 1 is 0.929 bits per heavy atom. The largest absolute Gasteiger partial charge is 0.741 e. The van der Waals surface area contributed by atoms with Crippen LogP contribution in [0.3, 0.4) is 0 Å². The molecule has 0 unspecified atom stereocenters. The summed E-state index contributed by atoms with van der Waals surface area (Å²) in [6, 6.07) is 4.39. The lowest BCUT2D eigenvalue weighted by molar-refractivity contribution is -0.697. The molecule has 0 amide bonds. The van der Waals surface area contributed by atoms with Crippen LogP contribution in [-0.4, -0.2) is 18.5 Å². The van der Waals surface area contributed by atoms with Gasteiger partial charge in [0, 0.05) is 18.1 Å². The molecule has 4 nitrogen and oxygen atoms in total. The van der Waals surface area contributed by atoms with Crippen molar-refractivity contribution < 1.29 is 30.7 Å². The van der Waals surface area contributed by atoms with E-state index in [0.717, 1.165) is 6.42 Å². The van der Waals surface area contributed by atoms with Crippen molar-refractivity contribution in [3.63, 3.8) is 0 Å². The fourth-order valence-electron chi connectivity index (χ4n) is 2.71. The van der Waals surface area contributed by atoms with Gasteiger partial charge in [0.05, 0.1) is 0 Å². The molecular formula is C20H34F3NO3S. The van der Waals surface area contributed by atoms with Crippen LogP contribution in [-0.2, 0) is 23.1 Å². The first-order chi connectivity index (χ1) is 13.1. The molecule has 1 aromatic rings. The highest BCUT2D eigenvalue weighted by Crippen LogP contribution is 2.20. The molecule has 8 heteroatoms. The Bertz CT molecular complexity index is 619. The van der Waals surface area contributed by atoms with Gasteiger partial charge in [-0.2, -0.15) is 13.2 Å². The molecule has 0 radical (unpaired) electrons. The zero-order valence-electron chi connectivity index (χ0n) is 17.0. The first-order valence-corrected chi connectivity index (χ1v) is 11.5. The lowest BCUT2D eigenvalue weighted by atomic mass is 10.1. The summed E-state index contributed by atoms with van der Waals surface area (Å²) < 4.78 is 61.3. The summed E-state index contributed by atoms with van der Waals surface area (Å²) in [5.74, 6) is 0. The van der Waals surface area contributed by atoms with Crippen molar-refractivity contribution in [2.45, 2.75) is 96.5 Å². The van der Waals surface area contributed by atoms with Gasteiger partial charge in [0.15, 0.2) is 22.5 Å². The van der Waals surface area contributed by atoms with E-state index >= 15 is 0 Å². The molecule has 1 rings (SSSR count). The Morgan fingerprint density at radius 3 is 1.82 bits per heavy atom. The SMILES string of the molecule is CCCCCCCCCCCC[n+]1cccc(CC)c1.O=S(=O)([O-])C(F)(F)F. The maximum Gasteiger partial charge on any atom is 0.485 e. The van der Waals surface area contributed by atoms with Crippen molar-refractivity contribution in [1.82, 2.24) is 0 Å². The van der Waals surface area contributed by atoms with Crippen LogP contribution < -0.4 is 4.57 Å². The molecule has 1 aromatic heterocycles. The van der Waals surface area contributed by atoms with Crippen LogP contribution >= 0.6 is 0 Å². The number of alkyl halides is 3. The predicted octanol–water partition coefficient (Wildman–Crippen LogP) is 5.51. The molecule has 0 N–H and O–H groups in total. The first-order valence-electron chi connectivity index (χ1n) is 10.1. The van der Waals surface area contributed by atoms with Gasteiger partial charge < -0.3 is 4.55 Å². The quantitative estimate of drug-likeness (QED) is 0.192. The van der Waals surface area contributed by atoms with E-state index in [0.29, 0.717) is 0 Å². The Hall–Kier alpha value is -1.15. The third kappa shape index (κ3) is 13.9. The number of hydrogen-bond acceptors (Lipinski definition) is 3. The molecule has 1 heterocycles. The average Bonchev–Trinajstić information content (AvgIpc) is 2.62. The summed E-state index contributed by atoms with van der Waals surface area (Å²) in [7, 11) is -6.09. The van der Waals surface area contributed by atoms with E-state index in [1.54, 1.807) is 0 Å². The molecule has 0 fully saturated rings. The smallest absolute Gasteiger partial charge is 0.485 e. The van der Waals surface area contributed by atoms with Crippen LogP contribution in [0.2, 0.25) is 0 Å². The van der Waals surface area contributed by atoms with Gasteiger partial charge in [-0.1, -0.05) is 65.2 Å². The molecule has 0 aliphatic heterocycles. The van der Waals surface area contributed by atoms with Crippen molar-refractivity contribution in [3.05, 3.63) is 30.1 Å². The monoisotopic (exact) mass is 425 g/mol. The van der Waals surface area contributed by atoms with Gasteiger partial charge in [-0.25, -0.2) is 13.0 Å². The van der Waals surface area contributed by atoms with E-state index in [-0.39, 0.29) is 0 Å². The van der Waals surface area contributed by atoms with Gasteiger partial charge >= 0.3 is 5.51 Å². The zero-order chi connectivity index (χ0) is 21.5. The number of unbranched alkanes of at least 4 members (excludes halogenated alkanes) is 9. The van der Waals surface area contributed by atoms with Crippen LogP contribution in [0.5, 0.6) is 0 Å². The minimum Gasteiger partial charge on any atom is -0.741 e. The predicted molar refractivity (Wildman–Crippen MR) is 104 cm³/mol. The second-order valence-corrected chi connectivity index (χ2v) is 8.26. The third-order valence-corrected chi connectivity index (χ3v) is 4.95. The van der Waals surface area contributed by atoms with Gasteiger partial charge in [0.2, 0.25) is 0 Å². The Morgan fingerprint density at radius 2 is 1.39 bits per heavy atom. The van der Waals surface area contributed by atoms with E-state index in [2.05, 4.69) is 42.9 Å². The van der Waals surface area contributed by atoms with Crippen LogP contribution in [0.25, 0.3) is 0 Å². The molecular weight excluding hydrogens is 391 g/mol. The minimum absolute atomic E-state index is 1.14. The maximum absolute atomic E-state index is 10.7. The summed E-state index contributed by atoms with van der Waals surface area (Å²) in [6.45, 7) is 5.69. The topological polar surface area (TPSA) is 61.1 Å². The van der Waals surface area contributed by atoms with Crippen LogP contribution in [0.4, 0.5) is 13.2 Å². The summed E-state index contributed by atoms with van der Waals surface area (Å²) >= 11 is 0. The van der Waals surface area contributed by atoms with Crippen molar-refractivity contribution in [2.24, 2.45) is 0 Å². The number of rotatable bonds is 12. The van der Waals surface area contributed by atoms with E-state index in [9.17, 15) is 13.2 Å². The van der Waals surface area contributed by atoms with Gasteiger partial charge in [0.25, 0.3) is 0 Å². The average molecular weight is 426 g/mol. The molecule has 0 aliphatic rings. The van der Waals surface area contributed by atoms with E-state index < -0.39 is 15.6 Å². The number of pyridine rings is 1. The Labute approximate surface area is 167 Å². The summed E-state index contributed by atoms with van der Waals surface area (Å²) in [5, 5.41) is 0. The second-order valence-electron chi connectivity index (χ2n) is 6.89. The molecule has 0 saturated carbocycles. The standard InChI is InChI=1S/C19H34N.CHF3O3S/c1-3-5-6-7-8-9-10-11-12-13-16-20-17-14-15-19(4-2)18-20;2-1(3,4)8(5,6)7/h14-15,17-18H,3-13,16H2,1-2H3;(H,5,6,7)/q+1;/p-1. The Kier molecular flexibility index (Phi) is 14.2.